The van der Waals surface area contributed by atoms with Gasteiger partial charge in [0, 0.05) is 11.8 Å². The van der Waals surface area contributed by atoms with Crippen LogP contribution in [0.25, 0.3) is 0 Å². The van der Waals surface area contributed by atoms with Crippen molar-refractivity contribution in [1.29, 1.82) is 0 Å². The average molecular weight is 467 g/mol. The lowest BCUT2D eigenvalue weighted by Crippen LogP contribution is -2.51. The molecule has 0 aliphatic carbocycles. The SMILES string of the molecule is COc1ccc(CN(C(=O)OC(C)(C)C)C(=O)[C@@H]2C[C@H](S)CN2C(=O)OC(C)(C)C)cc1. The fraction of sp³-hybridized carbons (Fsp3) is 0.609. The fourth-order valence-electron chi connectivity index (χ4n) is 3.21. The van der Waals surface area contributed by atoms with Crippen LogP contribution in [0.1, 0.15) is 53.5 Å². The Balaban J connectivity index is 2.31. The number of carbonyl (C=O) groups excluding carboxylic acids is 3. The molecule has 2 atom stereocenters. The first kappa shape index (κ1) is 25.8. The number of benzene rings is 1. The Kier molecular flexibility index (Phi) is 8.09. The van der Waals surface area contributed by atoms with Crippen molar-refractivity contribution < 1.29 is 28.6 Å². The first-order valence-electron chi connectivity index (χ1n) is 10.5. The first-order valence-corrected chi connectivity index (χ1v) is 11.1. The molecule has 1 heterocycles. The topological polar surface area (TPSA) is 85.4 Å². The molecule has 2 rings (SSSR count). The van der Waals surface area contributed by atoms with Crippen LogP contribution in [0.3, 0.4) is 0 Å². The lowest BCUT2D eigenvalue weighted by atomic mass is 10.1. The number of hydrogen-bond donors (Lipinski definition) is 1. The van der Waals surface area contributed by atoms with Gasteiger partial charge in [0.1, 0.15) is 23.0 Å². The summed E-state index contributed by atoms with van der Waals surface area (Å²) in [5, 5.41) is -0.210. The Morgan fingerprint density at radius 3 is 2.09 bits per heavy atom. The maximum atomic E-state index is 13.5. The molecule has 3 amide bonds. The molecular formula is C23H34N2O6S. The van der Waals surface area contributed by atoms with Crippen LogP contribution in [0, 0.1) is 0 Å². The molecule has 0 radical (unpaired) electrons. The van der Waals surface area contributed by atoms with Gasteiger partial charge in [0.15, 0.2) is 0 Å². The van der Waals surface area contributed by atoms with E-state index in [4.69, 9.17) is 14.2 Å². The maximum Gasteiger partial charge on any atom is 0.417 e. The highest BCUT2D eigenvalue weighted by molar-refractivity contribution is 7.81. The Labute approximate surface area is 195 Å². The zero-order valence-corrected chi connectivity index (χ0v) is 20.8. The summed E-state index contributed by atoms with van der Waals surface area (Å²) in [4.78, 5) is 41.6. The molecule has 32 heavy (non-hydrogen) atoms. The molecule has 178 valence electrons. The quantitative estimate of drug-likeness (QED) is 0.667. The molecule has 0 unspecified atom stereocenters. The van der Waals surface area contributed by atoms with Gasteiger partial charge >= 0.3 is 12.2 Å². The second kappa shape index (κ2) is 10.0. The van der Waals surface area contributed by atoms with Crippen LogP contribution in [0.2, 0.25) is 0 Å². The van der Waals surface area contributed by atoms with E-state index in [2.05, 4.69) is 12.6 Å². The normalized spacial score (nSPS) is 18.8. The highest BCUT2D eigenvalue weighted by Crippen LogP contribution is 2.27. The lowest BCUT2D eigenvalue weighted by Gasteiger charge is -2.32. The predicted octanol–water partition coefficient (Wildman–Crippen LogP) is 4.27. The maximum absolute atomic E-state index is 13.5. The van der Waals surface area contributed by atoms with Crippen molar-refractivity contribution in [2.24, 2.45) is 0 Å². The van der Waals surface area contributed by atoms with Crippen LogP contribution >= 0.6 is 12.6 Å². The number of thiol groups is 1. The molecule has 1 fully saturated rings. The second-order valence-electron chi connectivity index (χ2n) is 9.79. The van der Waals surface area contributed by atoms with Crippen LogP contribution in [0.15, 0.2) is 24.3 Å². The predicted molar refractivity (Wildman–Crippen MR) is 124 cm³/mol. The van der Waals surface area contributed by atoms with Crippen LogP contribution in [-0.4, -0.2) is 64.0 Å². The van der Waals surface area contributed by atoms with E-state index < -0.39 is 35.3 Å². The first-order chi connectivity index (χ1) is 14.7. The van der Waals surface area contributed by atoms with E-state index in [1.807, 2.05) is 0 Å². The zero-order chi connectivity index (χ0) is 24.3. The van der Waals surface area contributed by atoms with Gasteiger partial charge in [-0.05, 0) is 65.7 Å². The van der Waals surface area contributed by atoms with Gasteiger partial charge < -0.3 is 14.2 Å². The standard InChI is InChI=1S/C23H34N2O6S/c1-22(2,3)30-20(27)24-14-17(32)12-18(24)19(26)25(21(28)31-23(4,5)6)13-15-8-10-16(29-7)11-9-15/h8-11,17-18,32H,12-14H2,1-7H3/t17-,18-/m0/s1. The number of imide groups is 1. The van der Waals surface area contributed by atoms with Crippen molar-refractivity contribution >= 4 is 30.7 Å². The number of likely N-dealkylation sites (tertiary alicyclic amines) is 1. The van der Waals surface area contributed by atoms with Gasteiger partial charge in [-0.25, -0.2) is 14.5 Å². The van der Waals surface area contributed by atoms with Crippen LogP contribution in [0.4, 0.5) is 9.59 Å². The molecule has 0 spiro atoms. The Morgan fingerprint density at radius 1 is 1.03 bits per heavy atom. The molecule has 1 aliphatic rings. The van der Waals surface area contributed by atoms with E-state index in [1.165, 1.54) is 4.90 Å². The monoisotopic (exact) mass is 466 g/mol. The van der Waals surface area contributed by atoms with Crippen molar-refractivity contribution in [3.63, 3.8) is 0 Å². The number of nitrogens with zero attached hydrogens (tertiary/aromatic N) is 2. The molecule has 0 N–H and O–H groups in total. The van der Waals surface area contributed by atoms with Crippen molar-refractivity contribution in [2.75, 3.05) is 13.7 Å². The number of carbonyl (C=O) groups is 3. The molecule has 1 aromatic rings. The van der Waals surface area contributed by atoms with Crippen molar-refractivity contribution in [3.05, 3.63) is 29.8 Å². The van der Waals surface area contributed by atoms with E-state index in [0.717, 1.165) is 4.90 Å². The van der Waals surface area contributed by atoms with E-state index in [0.29, 0.717) is 17.7 Å². The zero-order valence-electron chi connectivity index (χ0n) is 19.9. The number of rotatable bonds is 4. The average Bonchev–Trinajstić information content (AvgIpc) is 3.05. The van der Waals surface area contributed by atoms with Gasteiger partial charge in [0.2, 0.25) is 0 Å². The van der Waals surface area contributed by atoms with E-state index in [-0.39, 0.29) is 18.3 Å². The summed E-state index contributed by atoms with van der Waals surface area (Å²) in [5.41, 5.74) is -0.788. The van der Waals surface area contributed by atoms with Crippen molar-refractivity contribution in [3.8, 4) is 5.75 Å². The molecular weight excluding hydrogens is 432 g/mol. The Bertz CT molecular complexity index is 828. The van der Waals surface area contributed by atoms with E-state index in [1.54, 1.807) is 72.9 Å². The summed E-state index contributed by atoms with van der Waals surface area (Å²) in [6.45, 7) is 10.7. The number of ether oxygens (including phenoxy) is 3. The van der Waals surface area contributed by atoms with Crippen LogP contribution in [-0.2, 0) is 20.8 Å². The fourth-order valence-corrected chi connectivity index (χ4v) is 3.59. The highest BCUT2D eigenvalue weighted by atomic mass is 32.1. The minimum atomic E-state index is -0.877. The van der Waals surface area contributed by atoms with Gasteiger partial charge in [-0.15, -0.1) is 0 Å². The van der Waals surface area contributed by atoms with E-state index >= 15 is 0 Å². The van der Waals surface area contributed by atoms with Gasteiger partial charge in [-0.2, -0.15) is 12.6 Å². The summed E-state index contributed by atoms with van der Waals surface area (Å²) in [6.07, 6.45) is -1.07. The molecule has 8 nitrogen and oxygen atoms in total. The minimum Gasteiger partial charge on any atom is -0.497 e. The summed E-state index contributed by atoms with van der Waals surface area (Å²) in [6, 6.07) is 6.16. The smallest absolute Gasteiger partial charge is 0.417 e. The van der Waals surface area contributed by atoms with Gasteiger partial charge in [-0.3, -0.25) is 9.69 Å². The summed E-state index contributed by atoms with van der Waals surface area (Å²) in [5.74, 6) is 0.131. The summed E-state index contributed by atoms with van der Waals surface area (Å²) < 4.78 is 16.1. The summed E-state index contributed by atoms with van der Waals surface area (Å²) in [7, 11) is 1.56. The molecule has 9 heteroatoms. The van der Waals surface area contributed by atoms with E-state index in [9.17, 15) is 14.4 Å². The highest BCUT2D eigenvalue weighted by Gasteiger charge is 2.44. The van der Waals surface area contributed by atoms with Gasteiger partial charge in [-0.1, -0.05) is 12.1 Å². The van der Waals surface area contributed by atoms with Crippen LogP contribution < -0.4 is 4.74 Å². The third kappa shape index (κ3) is 7.32. The molecule has 0 bridgehead atoms. The van der Waals surface area contributed by atoms with Crippen LogP contribution in [0.5, 0.6) is 5.75 Å². The minimum absolute atomic E-state index is 0.00631. The third-order valence-corrected chi connectivity index (χ3v) is 4.95. The molecule has 0 saturated carbocycles. The lowest BCUT2D eigenvalue weighted by molar-refractivity contribution is -0.135. The largest absolute Gasteiger partial charge is 0.497 e. The number of hydrogen-bond acceptors (Lipinski definition) is 7. The number of methoxy groups -OCH3 is 1. The van der Waals surface area contributed by atoms with Gasteiger partial charge in [0.05, 0.1) is 13.7 Å². The Morgan fingerprint density at radius 2 is 1.59 bits per heavy atom. The number of amides is 3. The third-order valence-electron chi connectivity index (χ3n) is 4.57. The molecule has 0 aromatic heterocycles. The Hall–Kier alpha value is -2.42. The summed E-state index contributed by atoms with van der Waals surface area (Å²) >= 11 is 4.47. The second-order valence-corrected chi connectivity index (χ2v) is 10.5. The molecule has 1 saturated heterocycles. The molecule has 1 aliphatic heterocycles. The van der Waals surface area contributed by atoms with Crippen molar-refractivity contribution in [2.45, 2.75) is 77.0 Å². The van der Waals surface area contributed by atoms with Crippen molar-refractivity contribution in [1.82, 2.24) is 9.80 Å². The molecule has 1 aromatic carbocycles. The van der Waals surface area contributed by atoms with Gasteiger partial charge in [0.25, 0.3) is 5.91 Å².